The van der Waals surface area contributed by atoms with Crippen molar-refractivity contribution in [2.24, 2.45) is 5.92 Å². The van der Waals surface area contributed by atoms with Gasteiger partial charge in [-0.3, -0.25) is 9.78 Å². The number of urea groups is 1. The highest BCUT2D eigenvalue weighted by atomic mass is 19.1. The number of halogens is 2. The molecule has 1 aromatic carbocycles. The van der Waals surface area contributed by atoms with E-state index in [1.807, 2.05) is 26.0 Å². The molecule has 1 unspecified atom stereocenters. The number of hydrogen-bond acceptors (Lipinski definition) is 3. The maximum absolute atomic E-state index is 13.9. The van der Waals surface area contributed by atoms with Crippen molar-refractivity contribution in [3.8, 4) is 0 Å². The van der Waals surface area contributed by atoms with E-state index in [-0.39, 0.29) is 23.6 Å². The maximum Gasteiger partial charge on any atom is 0.321 e. The quantitative estimate of drug-likeness (QED) is 0.800. The zero-order valence-corrected chi connectivity index (χ0v) is 17.1. The average molecular weight is 416 g/mol. The monoisotopic (exact) mass is 416 g/mol. The molecule has 30 heavy (non-hydrogen) atoms. The molecule has 160 valence electrons. The Labute approximate surface area is 174 Å². The summed E-state index contributed by atoms with van der Waals surface area (Å²) >= 11 is 0. The molecule has 0 radical (unpaired) electrons. The standard InChI is InChI=1S/C22H26F2N4O2/c1-15(2)21(29)28(13-16-5-3-9-25-12-16)18-6-4-10-27(14-18)22(30)26-20-11-17(23)7-8-19(20)24/h3,5,7-9,11-12,15,18H,4,6,10,13-14H2,1-2H3,(H,26,30). The van der Waals surface area contributed by atoms with Gasteiger partial charge in [-0.25, -0.2) is 13.6 Å². The van der Waals surface area contributed by atoms with Crippen LogP contribution in [0.1, 0.15) is 32.3 Å². The topological polar surface area (TPSA) is 65.5 Å². The highest BCUT2D eigenvalue weighted by Crippen LogP contribution is 2.22. The number of anilines is 1. The molecule has 1 aliphatic heterocycles. The van der Waals surface area contributed by atoms with E-state index in [2.05, 4.69) is 10.3 Å². The minimum absolute atomic E-state index is 0.00212. The lowest BCUT2D eigenvalue weighted by atomic mass is 10.0. The van der Waals surface area contributed by atoms with Crippen molar-refractivity contribution in [3.05, 3.63) is 59.9 Å². The van der Waals surface area contributed by atoms with Gasteiger partial charge < -0.3 is 15.1 Å². The molecule has 2 heterocycles. The van der Waals surface area contributed by atoms with Crippen molar-refractivity contribution < 1.29 is 18.4 Å². The number of carbonyl (C=O) groups is 2. The van der Waals surface area contributed by atoms with Crippen molar-refractivity contribution in [1.82, 2.24) is 14.8 Å². The summed E-state index contributed by atoms with van der Waals surface area (Å²) in [7, 11) is 0. The lowest BCUT2D eigenvalue weighted by Crippen LogP contribution is -2.53. The average Bonchev–Trinajstić information content (AvgIpc) is 2.75. The molecule has 1 aromatic heterocycles. The summed E-state index contributed by atoms with van der Waals surface area (Å²) in [5.74, 6) is -1.52. The third-order valence-corrected chi connectivity index (χ3v) is 5.15. The molecule has 3 amide bonds. The van der Waals surface area contributed by atoms with E-state index in [1.54, 1.807) is 22.2 Å². The van der Waals surface area contributed by atoms with Gasteiger partial charge in [-0.2, -0.15) is 0 Å². The molecule has 1 fully saturated rings. The van der Waals surface area contributed by atoms with Crippen LogP contribution >= 0.6 is 0 Å². The maximum atomic E-state index is 13.9. The fourth-order valence-electron chi connectivity index (χ4n) is 3.59. The number of nitrogens with zero attached hydrogens (tertiary/aromatic N) is 3. The fraction of sp³-hybridized carbons (Fsp3) is 0.409. The van der Waals surface area contributed by atoms with Gasteiger partial charge in [0.15, 0.2) is 0 Å². The molecule has 0 aliphatic carbocycles. The minimum Gasteiger partial charge on any atom is -0.333 e. The Morgan fingerprint density at radius 2 is 2.10 bits per heavy atom. The predicted octanol–water partition coefficient (Wildman–Crippen LogP) is 4.04. The highest BCUT2D eigenvalue weighted by molar-refractivity contribution is 5.89. The molecule has 2 aromatic rings. The minimum atomic E-state index is -0.702. The summed E-state index contributed by atoms with van der Waals surface area (Å²) in [4.78, 5) is 33.0. The largest absolute Gasteiger partial charge is 0.333 e. The summed E-state index contributed by atoms with van der Waals surface area (Å²) in [5.41, 5.74) is 0.711. The first-order valence-electron chi connectivity index (χ1n) is 10.1. The number of amides is 3. The molecule has 3 rings (SSSR count). The lowest BCUT2D eigenvalue weighted by molar-refractivity contribution is -0.138. The molecule has 1 atom stereocenters. The molecule has 0 bridgehead atoms. The Bertz CT molecular complexity index is 892. The molecule has 8 heteroatoms. The van der Waals surface area contributed by atoms with Gasteiger partial charge in [0.2, 0.25) is 5.91 Å². The van der Waals surface area contributed by atoms with Crippen LogP contribution in [-0.4, -0.2) is 45.9 Å². The van der Waals surface area contributed by atoms with Crippen LogP contribution in [0, 0.1) is 17.6 Å². The number of pyridine rings is 1. The Kier molecular flexibility index (Phi) is 6.97. The lowest BCUT2D eigenvalue weighted by Gasteiger charge is -2.40. The first kappa shape index (κ1) is 21.7. The van der Waals surface area contributed by atoms with E-state index in [1.165, 1.54) is 0 Å². The summed E-state index contributed by atoms with van der Waals surface area (Å²) in [5, 5.41) is 2.44. The molecule has 0 spiro atoms. The van der Waals surface area contributed by atoms with Gasteiger partial charge in [0.05, 0.1) is 5.69 Å². The Morgan fingerprint density at radius 3 is 2.80 bits per heavy atom. The van der Waals surface area contributed by atoms with E-state index >= 15 is 0 Å². The normalized spacial score (nSPS) is 16.4. The van der Waals surface area contributed by atoms with Crippen molar-refractivity contribution in [1.29, 1.82) is 0 Å². The fourth-order valence-corrected chi connectivity index (χ4v) is 3.59. The van der Waals surface area contributed by atoms with Crippen molar-refractivity contribution in [3.63, 3.8) is 0 Å². The third kappa shape index (κ3) is 5.31. The van der Waals surface area contributed by atoms with Crippen LogP contribution in [0.2, 0.25) is 0 Å². The smallest absolute Gasteiger partial charge is 0.321 e. The van der Waals surface area contributed by atoms with E-state index in [0.29, 0.717) is 26.1 Å². The van der Waals surface area contributed by atoms with E-state index in [0.717, 1.165) is 30.2 Å². The van der Waals surface area contributed by atoms with Crippen LogP contribution in [0.5, 0.6) is 0 Å². The van der Waals surface area contributed by atoms with Crippen molar-refractivity contribution >= 4 is 17.6 Å². The van der Waals surface area contributed by atoms with Crippen LogP contribution in [-0.2, 0) is 11.3 Å². The zero-order chi connectivity index (χ0) is 21.7. The molecule has 1 aliphatic rings. The number of piperidine rings is 1. The molecule has 6 nitrogen and oxygen atoms in total. The number of aromatic nitrogens is 1. The highest BCUT2D eigenvalue weighted by Gasteiger charge is 2.32. The van der Waals surface area contributed by atoms with Crippen molar-refractivity contribution in [2.75, 3.05) is 18.4 Å². The van der Waals surface area contributed by atoms with Gasteiger partial charge in [0.25, 0.3) is 0 Å². The zero-order valence-electron chi connectivity index (χ0n) is 17.1. The van der Waals surface area contributed by atoms with Gasteiger partial charge >= 0.3 is 6.03 Å². The van der Waals surface area contributed by atoms with Crippen LogP contribution < -0.4 is 5.32 Å². The van der Waals surface area contributed by atoms with E-state index < -0.39 is 17.7 Å². The van der Waals surface area contributed by atoms with E-state index in [4.69, 9.17) is 0 Å². The molecule has 1 saturated heterocycles. The SMILES string of the molecule is CC(C)C(=O)N(Cc1cccnc1)C1CCCN(C(=O)Nc2cc(F)ccc2F)C1. The van der Waals surface area contributed by atoms with Gasteiger partial charge in [0, 0.05) is 50.1 Å². The van der Waals surface area contributed by atoms with Gasteiger partial charge in [-0.05, 0) is 36.6 Å². The van der Waals surface area contributed by atoms with E-state index in [9.17, 15) is 18.4 Å². The molecule has 0 saturated carbocycles. The van der Waals surface area contributed by atoms with Crippen LogP contribution in [0.3, 0.4) is 0 Å². The summed E-state index contributed by atoms with van der Waals surface area (Å²) < 4.78 is 27.3. The van der Waals surface area contributed by atoms with Crippen LogP contribution in [0.4, 0.5) is 19.3 Å². The van der Waals surface area contributed by atoms with Crippen LogP contribution in [0.25, 0.3) is 0 Å². The van der Waals surface area contributed by atoms with Gasteiger partial charge in [0.1, 0.15) is 11.6 Å². The second kappa shape index (κ2) is 9.65. The Hall–Kier alpha value is -3.03. The summed E-state index contributed by atoms with van der Waals surface area (Å²) in [6.45, 7) is 4.90. The molecular formula is C22H26F2N4O2. The first-order valence-corrected chi connectivity index (χ1v) is 10.1. The van der Waals surface area contributed by atoms with Gasteiger partial charge in [-0.1, -0.05) is 19.9 Å². The second-order valence-electron chi connectivity index (χ2n) is 7.78. The molecule has 1 N–H and O–H groups in total. The number of likely N-dealkylation sites (tertiary alicyclic amines) is 1. The number of carbonyl (C=O) groups excluding carboxylic acids is 2. The Balaban J connectivity index is 1.73. The second-order valence-corrected chi connectivity index (χ2v) is 7.78. The van der Waals surface area contributed by atoms with Crippen molar-refractivity contribution in [2.45, 2.75) is 39.3 Å². The Morgan fingerprint density at radius 1 is 1.30 bits per heavy atom. The van der Waals surface area contributed by atoms with Gasteiger partial charge in [-0.15, -0.1) is 0 Å². The number of nitrogens with one attached hydrogen (secondary N) is 1. The van der Waals surface area contributed by atoms with Crippen LogP contribution in [0.15, 0.2) is 42.7 Å². The number of hydrogen-bond donors (Lipinski definition) is 1. The molecular weight excluding hydrogens is 390 g/mol. The number of rotatable bonds is 5. The summed E-state index contributed by atoms with van der Waals surface area (Å²) in [6.07, 6.45) is 4.87. The predicted molar refractivity (Wildman–Crippen MR) is 110 cm³/mol. The first-order chi connectivity index (χ1) is 14.3. The number of benzene rings is 1. The third-order valence-electron chi connectivity index (χ3n) is 5.15. The summed E-state index contributed by atoms with van der Waals surface area (Å²) in [6, 6.07) is 5.97.